The highest BCUT2D eigenvalue weighted by atomic mass is 19.3. The summed E-state index contributed by atoms with van der Waals surface area (Å²) in [5.74, 6) is -3.40. The lowest BCUT2D eigenvalue weighted by molar-refractivity contribution is -0.119. The number of carboxylic acids is 1. The Balaban J connectivity index is 1.12. The average molecular weight is 529 g/mol. The standard InChI is InChI=1S/C32H30F2N2O3/c1-31(33,34)24-7-9-27-23(14-24)15-28(36-27)22-6-8-26(35-18-22)20-10-12-32(13-11-20)16-25(29(37)17-32)19-2-4-21(5-3-19)30(38)39/h2-9,14-15,18,20,25,36H,10-13,16-17H2,1H3,(H,38,39). The minimum atomic E-state index is -2.88. The molecule has 6 rings (SSSR count). The van der Waals surface area contributed by atoms with E-state index in [9.17, 15) is 18.4 Å². The zero-order valence-corrected chi connectivity index (χ0v) is 21.7. The van der Waals surface area contributed by atoms with Gasteiger partial charge in [-0.05, 0) is 85.5 Å². The molecule has 200 valence electrons. The first-order valence-corrected chi connectivity index (χ1v) is 13.4. The molecule has 4 aromatic rings. The van der Waals surface area contributed by atoms with E-state index < -0.39 is 11.9 Å². The SMILES string of the molecule is CC(F)(F)c1ccc2[nH]c(-c3ccc(C4CCC5(CC4)CC(=O)C(c4ccc(C(=O)O)cc4)C5)nc3)cc2c1. The number of aromatic carboxylic acids is 1. The Labute approximate surface area is 225 Å². The summed E-state index contributed by atoms with van der Waals surface area (Å²) in [7, 11) is 0. The number of halogens is 2. The van der Waals surface area contributed by atoms with Gasteiger partial charge in [0.1, 0.15) is 5.78 Å². The summed E-state index contributed by atoms with van der Waals surface area (Å²) in [5.41, 5.74) is 4.76. The molecule has 1 atom stereocenters. The van der Waals surface area contributed by atoms with E-state index in [4.69, 9.17) is 10.1 Å². The average Bonchev–Trinajstić information content (AvgIpc) is 3.49. The van der Waals surface area contributed by atoms with Crippen molar-refractivity contribution in [3.63, 3.8) is 0 Å². The highest BCUT2D eigenvalue weighted by molar-refractivity contribution is 5.90. The van der Waals surface area contributed by atoms with Gasteiger partial charge in [0.25, 0.3) is 5.92 Å². The number of hydrogen-bond acceptors (Lipinski definition) is 3. The van der Waals surface area contributed by atoms with Crippen LogP contribution in [0.2, 0.25) is 0 Å². The van der Waals surface area contributed by atoms with E-state index in [1.807, 2.05) is 18.3 Å². The van der Waals surface area contributed by atoms with Crippen molar-refractivity contribution in [2.24, 2.45) is 5.41 Å². The van der Waals surface area contributed by atoms with Gasteiger partial charge in [0, 0.05) is 64.8 Å². The predicted molar refractivity (Wildman–Crippen MR) is 145 cm³/mol. The molecule has 5 nitrogen and oxygen atoms in total. The van der Waals surface area contributed by atoms with Crippen molar-refractivity contribution in [1.29, 1.82) is 0 Å². The number of aromatic nitrogens is 2. The Bertz CT molecular complexity index is 1540. The molecule has 2 heterocycles. The Morgan fingerprint density at radius 2 is 1.79 bits per heavy atom. The monoisotopic (exact) mass is 528 g/mol. The number of fused-ring (bicyclic) bond motifs is 1. The van der Waals surface area contributed by atoms with E-state index >= 15 is 0 Å². The largest absolute Gasteiger partial charge is 0.478 e. The third kappa shape index (κ3) is 4.86. The second kappa shape index (κ2) is 9.40. The van der Waals surface area contributed by atoms with Crippen LogP contribution in [0, 0.1) is 5.41 Å². The van der Waals surface area contributed by atoms with Gasteiger partial charge < -0.3 is 10.1 Å². The molecule has 2 saturated carbocycles. The van der Waals surface area contributed by atoms with Crippen LogP contribution in [0.15, 0.2) is 66.9 Å². The maximum absolute atomic E-state index is 13.7. The molecular weight excluding hydrogens is 498 g/mol. The van der Waals surface area contributed by atoms with Crippen LogP contribution in [0.5, 0.6) is 0 Å². The molecule has 1 spiro atoms. The number of nitrogens with zero attached hydrogens (tertiary/aromatic N) is 1. The van der Waals surface area contributed by atoms with Crippen molar-refractivity contribution in [3.8, 4) is 11.3 Å². The zero-order valence-electron chi connectivity index (χ0n) is 21.7. The first-order valence-electron chi connectivity index (χ1n) is 13.4. The number of ketones is 1. The van der Waals surface area contributed by atoms with Gasteiger partial charge >= 0.3 is 5.97 Å². The van der Waals surface area contributed by atoms with Gasteiger partial charge in [-0.25, -0.2) is 13.6 Å². The number of nitrogens with one attached hydrogen (secondary N) is 1. The molecule has 2 aromatic carbocycles. The van der Waals surface area contributed by atoms with E-state index in [2.05, 4.69) is 11.1 Å². The molecule has 2 N–H and O–H groups in total. The van der Waals surface area contributed by atoms with Crippen molar-refractivity contribution in [3.05, 3.63) is 89.2 Å². The third-order valence-corrected chi connectivity index (χ3v) is 8.82. The predicted octanol–water partition coefficient (Wildman–Crippen LogP) is 7.83. The second-order valence-electron chi connectivity index (χ2n) is 11.4. The molecule has 0 bridgehead atoms. The number of carbonyl (C=O) groups is 2. The molecule has 0 saturated heterocycles. The van der Waals surface area contributed by atoms with Crippen molar-refractivity contribution >= 4 is 22.7 Å². The summed E-state index contributed by atoms with van der Waals surface area (Å²) < 4.78 is 27.5. The summed E-state index contributed by atoms with van der Waals surface area (Å²) >= 11 is 0. The van der Waals surface area contributed by atoms with Gasteiger partial charge in [0.2, 0.25) is 0 Å². The Kier molecular flexibility index (Phi) is 6.12. The minimum Gasteiger partial charge on any atom is -0.478 e. The summed E-state index contributed by atoms with van der Waals surface area (Å²) in [6.45, 7) is 0.905. The molecule has 0 aliphatic heterocycles. The quantitative estimate of drug-likeness (QED) is 0.277. The molecule has 0 amide bonds. The topological polar surface area (TPSA) is 83.0 Å². The fourth-order valence-corrected chi connectivity index (χ4v) is 6.55. The van der Waals surface area contributed by atoms with Gasteiger partial charge in [0.05, 0.1) is 5.56 Å². The minimum absolute atomic E-state index is 0.00420. The number of Topliss-reactive ketones (excluding diaryl/α,β-unsaturated/α-hetero) is 1. The number of hydrogen-bond donors (Lipinski definition) is 2. The van der Waals surface area contributed by atoms with Crippen LogP contribution >= 0.6 is 0 Å². The molecule has 2 aromatic heterocycles. The number of carbonyl (C=O) groups excluding carboxylic acids is 1. The molecule has 7 heteroatoms. The van der Waals surface area contributed by atoms with Gasteiger partial charge in [-0.3, -0.25) is 9.78 Å². The van der Waals surface area contributed by atoms with E-state index in [-0.39, 0.29) is 28.2 Å². The smallest absolute Gasteiger partial charge is 0.335 e. The van der Waals surface area contributed by atoms with Crippen molar-refractivity contribution in [2.75, 3.05) is 0 Å². The molecular formula is C32H30F2N2O3. The molecule has 2 aliphatic carbocycles. The molecule has 39 heavy (non-hydrogen) atoms. The number of pyridine rings is 1. The first kappa shape index (κ1) is 25.4. The van der Waals surface area contributed by atoms with Gasteiger partial charge in [0.15, 0.2) is 0 Å². The van der Waals surface area contributed by atoms with Crippen LogP contribution in [-0.2, 0) is 10.7 Å². The van der Waals surface area contributed by atoms with Crippen LogP contribution in [0.4, 0.5) is 8.78 Å². The molecule has 1 unspecified atom stereocenters. The highest BCUT2D eigenvalue weighted by Gasteiger charge is 2.46. The van der Waals surface area contributed by atoms with E-state index in [0.29, 0.717) is 12.3 Å². The van der Waals surface area contributed by atoms with Gasteiger partial charge in [-0.15, -0.1) is 0 Å². The molecule has 2 fully saturated rings. The summed E-state index contributed by atoms with van der Waals surface area (Å²) in [6, 6.07) is 17.4. The molecule has 0 radical (unpaired) electrons. The van der Waals surface area contributed by atoms with Crippen molar-refractivity contribution in [2.45, 2.75) is 63.2 Å². The van der Waals surface area contributed by atoms with Gasteiger partial charge in [-0.2, -0.15) is 0 Å². The van der Waals surface area contributed by atoms with Crippen LogP contribution in [0.3, 0.4) is 0 Å². The van der Waals surface area contributed by atoms with Crippen LogP contribution in [0.1, 0.15) is 84.5 Å². The fourth-order valence-electron chi connectivity index (χ4n) is 6.55. The normalized spacial score (nSPS) is 23.5. The Morgan fingerprint density at radius 1 is 1.05 bits per heavy atom. The lowest BCUT2D eigenvalue weighted by Crippen LogP contribution is -2.24. The highest BCUT2D eigenvalue weighted by Crippen LogP contribution is 2.55. The fraction of sp³-hybridized carbons (Fsp3) is 0.344. The van der Waals surface area contributed by atoms with Crippen LogP contribution in [0.25, 0.3) is 22.2 Å². The Morgan fingerprint density at radius 3 is 2.44 bits per heavy atom. The number of H-pyrrole nitrogens is 1. The summed E-state index contributed by atoms with van der Waals surface area (Å²) in [4.78, 5) is 32.2. The number of aromatic amines is 1. The van der Waals surface area contributed by atoms with Crippen LogP contribution < -0.4 is 0 Å². The third-order valence-electron chi connectivity index (χ3n) is 8.82. The zero-order chi connectivity index (χ0) is 27.4. The van der Waals surface area contributed by atoms with Crippen LogP contribution in [-0.4, -0.2) is 26.8 Å². The maximum atomic E-state index is 13.7. The van der Waals surface area contributed by atoms with Crippen molar-refractivity contribution in [1.82, 2.24) is 9.97 Å². The maximum Gasteiger partial charge on any atom is 0.335 e. The second-order valence-corrected chi connectivity index (χ2v) is 11.4. The number of carboxylic acid groups (broad SMARTS) is 1. The molecule has 2 aliphatic rings. The summed E-state index contributed by atoms with van der Waals surface area (Å²) in [6.07, 6.45) is 7.16. The number of benzene rings is 2. The van der Waals surface area contributed by atoms with Crippen molar-refractivity contribution < 1.29 is 23.5 Å². The van der Waals surface area contributed by atoms with E-state index in [1.165, 1.54) is 12.1 Å². The first-order chi connectivity index (χ1) is 18.6. The lowest BCUT2D eigenvalue weighted by Gasteiger charge is -2.37. The Hall–Kier alpha value is -3.87. The van der Waals surface area contributed by atoms with E-state index in [0.717, 1.165) is 72.4 Å². The number of alkyl halides is 2. The van der Waals surface area contributed by atoms with Gasteiger partial charge in [-0.1, -0.05) is 18.2 Å². The number of rotatable bonds is 5. The lowest BCUT2D eigenvalue weighted by atomic mass is 9.68. The summed E-state index contributed by atoms with van der Waals surface area (Å²) in [5, 5.41) is 9.89. The van der Waals surface area contributed by atoms with E-state index in [1.54, 1.807) is 30.3 Å².